The summed E-state index contributed by atoms with van der Waals surface area (Å²) in [5.74, 6) is -0.648. The highest BCUT2D eigenvalue weighted by Gasteiger charge is 2.36. The molecule has 2 atom stereocenters. The Morgan fingerprint density at radius 2 is 1.70 bits per heavy atom. The van der Waals surface area contributed by atoms with Crippen molar-refractivity contribution in [2.45, 2.75) is 38.8 Å². The first-order chi connectivity index (χ1) is 19.3. The molecule has 4 rings (SSSR count). The minimum Gasteiger partial charge on any atom is -0.494 e. The molecule has 3 aromatic rings. The van der Waals surface area contributed by atoms with Gasteiger partial charge in [-0.05, 0) is 80.2 Å². The standard InChI is InChI=1S/C28H33N5O6S/c1-3-37-19-11-7-17(8-12-19)24(27(35)31-16-21-6-5-15-39-21)33(18-9-13-20(14-10-18)38-4-2)28(36)25-22(29)23(26(30)34)32-40-25/h7-14,21,24H,3-6,15-16,29H2,1-2H3,(H2,30,34)(H,31,35)/t21-,24-/m0/s1. The zero-order chi connectivity index (χ0) is 28.6. The molecule has 0 radical (unpaired) electrons. The predicted molar refractivity (Wildman–Crippen MR) is 152 cm³/mol. The lowest BCUT2D eigenvalue weighted by Crippen LogP contribution is -2.45. The quantitative estimate of drug-likeness (QED) is 0.301. The van der Waals surface area contributed by atoms with Crippen molar-refractivity contribution in [1.29, 1.82) is 0 Å². The van der Waals surface area contributed by atoms with Crippen molar-refractivity contribution in [3.8, 4) is 11.5 Å². The lowest BCUT2D eigenvalue weighted by molar-refractivity contribution is -0.123. The highest BCUT2D eigenvalue weighted by Crippen LogP contribution is 2.34. The van der Waals surface area contributed by atoms with Gasteiger partial charge in [0, 0.05) is 18.8 Å². The second-order valence-electron chi connectivity index (χ2n) is 9.03. The summed E-state index contributed by atoms with van der Waals surface area (Å²) in [5.41, 5.74) is 12.2. The first-order valence-corrected chi connectivity index (χ1v) is 13.8. The fraction of sp³-hybridized carbons (Fsp3) is 0.357. The van der Waals surface area contributed by atoms with Gasteiger partial charge in [-0.3, -0.25) is 19.3 Å². The second kappa shape index (κ2) is 13.3. The summed E-state index contributed by atoms with van der Waals surface area (Å²) >= 11 is 0.751. The van der Waals surface area contributed by atoms with Gasteiger partial charge in [0.05, 0.1) is 25.0 Å². The largest absolute Gasteiger partial charge is 0.494 e. The third kappa shape index (κ3) is 6.52. The monoisotopic (exact) mass is 567 g/mol. The van der Waals surface area contributed by atoms with Gasteiger partial charge < -0.3 is 31.0 Å². The highest BCUT2D eigenvalue weighted by molar-refractivity contribution is 7.09. The maximum atomic E-state index is 14.2. The smallest absolute Gasteiger partial charge is 0.273 e. The van der Waals surface area contributed by atoms with E-state index in [1.807, 2.05) is 13.8 Å². The van der Waals surface area contributed by atoms with E-state index in [9.17, 15) is 14.4 Å². The van der Waals surface area contributed by atoms with Crippen molar-refractivity contribution >= 4 is 40.6 Å². The van der Waals surface area contributed by atoms with Crippen molar-refractivity contribution < 1.29 is 28.6 Å². The second-order valence-corrected chi connectivity index (χ2v) is 9.80. The molecule has 2 aromatic carbocycles. The third-order valence-electron chi connectivity index (χ3n) is 6.34. The van der Waals surface area contributed by atoms with E-state index < -0.39 is 23.8 Å². The van der Waals surface area contributed by atoms with Crippen molar-refractivity contribution in [3.05, 3.63) is 64.7 Å². The Morgan fingerprint density at radius 1 is 1.07 bits per heavy atom. The van der Waals surface area contributed by atoms with E-state index in [2.05, 4.69) is 9.69 Å². The molecule has 5 N–H and O–H groups in total. The van der Waals surface area contributed by atoms with Crippen LogP contribution in [0.3, 0.4) is 0 Å². The summed E-state index contributed by atoms with van der Waals surface area (Å²) in [4.78, 5) is 41.2. The first-order valence-electron chi connectivity index (χ1n) is 13.1. The molecule has 1 aromatic heterocycles. The van der Waals surface area contributed by atoms with Gasteiger partial charge in [-0.1, -0.05) is 12.1 Å². The number of aromatic nitrogens is 1. The van der Waals surface area contributed by atoms with Crippen LogP contribution in [0.15, 0.2) is 48.5 Å². The van der Waals surface area contributed by atoms with Crippen molar-refractivity contribution in [2.24, 2.45) is 5.73 Å². The van der Waals surface area contributed by atoms with Gasteiger partial charge in [0.15, 0.2) is 5.69 Å². The van der Waals surface area contributed by atoms with Crippen LogP contribution in [0.5, 0.6) is 11.5 Å². The minimum atomic E-state index is -1.11. The summed E-state index contributed by atoms with van der Waals surface area (Å²) in [5, 5.41) is 2.96. The molecule has 3 amide bonds. The number of carbonyl (C=O) groups excluding carboxylic acids is 3. The van der Waals surface area contributed by atoms with E-state index in [1.165, 1.54) is 4.90 Å². The number of hydrogen-bond donors (Lipinski definition) is 3. The number of rotatable bonds is 12. The van der Waals surface area contributed by atoms with Gasteiger partial charge >= 0.3 is 0 Å². The fourth-order valence-electron chi connectivity index (χ4n) is 4.44. The SMILES string of the molecule is CCOc1ccc([C@@H](C(=O)NC[C@@H]2CCCO2)N(C(=O)c2snc(C(N)=O)c2N)c2ccc(OCC)cc2)cc1. The molecular formula is C28H33N5O6S. The molecule has 0 aliphatic carbocycles. The van der Waals surface area contributed by atoms with Crippen LogP contribution in [0.1, 0.15) is 58.5 Å². The van der Waals surface area contributed by atoms with Gasteiger partial charge in [-0.25, -0.2) is 0 Å². The normalized spacial score (nSPS) is 15.3. The number of nitrogens with zero attached hydrogens (tertiary/aromatic N) is 2. The van der Waals surface area contributed by atoms with Crippen molar-refractivity contribution in [2.75, 3.05) is 37.0 Å². The number of nitrogens with two attached hydrogens (primary N) is 2. The van der Waals surface area contributed by atoms with Gasteiger partial charge in [0.1, 0.15) is 22.4 Å². The number of amides is 3. The van der Waals surface area contributed by atoms with E-state index in [-0.39, 0.29) is 22.4 Å². The molecular weight excluding hydrogens is 534 g/mol. The number of carbonyl (C=O) groups is 3. The third-order valence-corrected chi connectivity index (χ3v) is 7.19. The number of nitrogen functional groups attached to an aromatic ring is 1. The predicted octanol–water partition coefficient (Wildman–Crippen LogP) is 3.30. The number of primary amides is 1. The Morgan fingerprint density at radius 3 is 2.23 bits per heavy atom. The van der Waals surface area contributed by atoms with Crippen LogP contribution in [0, 0.1) is 0 Å². The van der Waals surface area contributed by atoms with Crippen LogP contribution in [0.4, 0.5) is 11.4 Å². The molecule has 0 saturated carbocycles. The molecule has 1 aliphatic heterocycles. The Balaban J connectivity index is 1.80. The first kappa shape index (κ1) is 28.8. The zero-order valence-corrected chi connectivity index (χ0v) is 23.2. The Hall–Kier alpha value is -4.16. The number of hydrogen-bond acceptors (Lipinski definition) is 9. The van der Waals surface area contributed by atoms with E-state index >= 15 is 0 Å². The molecule has 12 heteroatoms. The molecule has 40 heavy (non-hydrogen) atoms. The van der Waals surface area contributed by atoms with Gasteiger partial charge in [0.25, 0.3) is 11.8 Å². The summed E-state index contributed by atoms with van der Waals surface area (Å²) in [6.07, 6.45) is 1.66. The molecule has 11 nitrogen and oxygen atoms in total. The molecule has 2 heterocycles. The van der Waals surface area contributed by atoms with E-state index in [0.29, 0.717) is 49.1 Å². The lowest BCUT2D eigenvalue weighted by atomic mass is 10.0. The summed E-state index contributed by atoms with van der Waals surface area (Å²) in [6, 6.07) is 12.6. The maximum Gasteiger partial charge on any atom is 0.273 e. The lowest BCUT2D eigenvalue weighted by Gasteiger charge is -2.31. The van der Waals surface area contributed by atoms with Crippen LogP contribution in [0.25, 0.3) is 0 Å². The summed E-state index contributed by atoms with van der Waals surface area (Å²) in [7, 11) is 0. The van der Waals surface area contributed by atoms with E-state index in [4.69, 9.17) is 25.7 Å². The fourth-order valence-corrected chi connectivity index (χ4v) is 5.18. The van der Waals surface area contributed by atoms with Gasteiger partial charge in [-0.15, -0.1) is 0 Å². The van der Waals surface area contributed by atoms with Crippen LogP contribution >= 0.6 is 11.5 Å². The maximum absolute atomic E-state index is 14.2. The Bertz CT molecular complexity index is 1320. The Kier molecular flexibility index (Phi) is 9.56. The Labute approximate surface area is 236 Å². The average molecular weight is 568 g/mol. The molecule has 212 valence electrons. The van der Waals surface area contributed by atoms with Crippen LogP contribution in [-0.4, -0.2) is 54.6 Å². The van der Waals surface area contributed by atoms with E-state index in [0.717, 1.165) is 24.4 Å². The summed E-state index contributed by atoms with van der Waals surface area (Å²) in [6.45, 7) is 5.64. The van der Waals surface area contributed by atoms with Crippen LogP contribution < -0.4 is 31.2 Å². The highest BCUT2D eigenvalue weighted by atomic mass is 32.1. The number of ether oxygens (including phenoxy) is 3. The number of benzene rings is 2. The number of nitrogens with one attached hydrogen (secondary N) is 1. The minimum absolute atomic E-state index is 0.00875. The van der Waals surface area contributed by atoms with Gasteiger partial charge in [0.2, 0.25) is 5.91 Å². The van der Waals surface area contributed by atoms with Gasteiger partial charge in [-0.2, -0.15) is 4.37 Å². The van der Waals surface area contributed by atoms with E-state index in [1.54, 1.807) is 48.5 Å². The van der Waals surface area contributed by atoms with Crippen LogP contribution in [0.2, 0.25) is 0 Å². The van der Waals surface area contributed by atoms with Crippen molar-refractivity contribution in [1.82, 2.24) is 9.69 Å². The molecule has 0 bridgehead atoms. The number of anilines is 2. The molecule has 1 aliphatic rings. The molecule has 1 fully saturated rings. The average Bonchev–Trinajstić information content (AvgIpc) is 3.61. The van der Waals surface area contributed by atoms with Crippen molar-refractivity contribution in [3.63, 3.8) is 0 Å². The van der Waals surface area contributed by atoms with Crippen LogP contribution in [-0.2, 0) is 9.53 Å². The summed E-state index contributed by atoms with van der Waals surface area (Å²) < 4.78 is 20.8. The molecule has 0 unspecified atom stereocenters. The molecule has 1 saturated heterocycles. The molecule has 0 spiro atoms. The zero-order valence-electron chi connectivity index (χ0n) is 22.4. The topological polar surface area (TPSA) is 159 Å².